The van der Waals surface area contributed by atoms with Crippen LogP contribution in [0.5, 0.6) is 0 Å². The van der Waals surface area contributed by atoms with Crippen molar-refractivity contribution in [2.45, 2.75) is 45.4 Å². The van der Waals surface area contributed by atoms with Gasteiger partial charge in [0.25, 0.3) is 0 Å². The Morgan fingerprint density at radius 3 is 1.85 bits per heavy atom. The quantitative estimate of drug-likeness (QED) is 0.185. The van der Waals surface area contributed by atoms with E-state index < -0.39 is 0 Å². The third-order valence-electron chi connectivity index (χ3n) is 10.2. The van der Waals surface area contributed by atoms with Gasteiger partial charge in [-0.25, -0.2) is 0 Å². The Hall–Kier alpha value is -5.40. The molecule has 0 spiro atoms. The number of rotatable bonds is 5. The molecule has 1 nitrogen and oxygen atoms in total. The summed E-state index contributed by atoms with van der Waals surface area (Å²) in [6.07, 6.45) is 0. The van der Waals surface area contributed by atoms with E-state index in [2.05, 4.69) is 197 Å². The molecule has 48 heavy (non-hydrogen) atoms. The predicted molar refractivity (Wildman–Crippen MR) is 206 cm³/mol. The summed E-state index contributed by atoms with van der Waals surface area (Å²) in [6, 6.07) is 58.1. The van der Waals surface area contributed by atoms with Gasteiger partial charge in [-0.2, -0.15) is 0 Å². The lowest BCUT2D eigenvalue weighted by molar-refractivity contribution is 0.591. The maximum Gasteiger partial charge on any atom is 0.0499 e. The molecule has 234 valence electrons. The van der Waals surface area contributed by atoms with Crippen LogP contribution in [0.4, 0.5) is 17.1 Å². The van der Waals surface area contributed by atoms with Crippen molar-refractivity contribution < 1.29 is 0 Å². The molecular formula is C47H41N. The molecule has 0 atom stereocenters. The van der Waals surface area contributed by atoms with Gasteiger partial charge in [0.15, 0.2) is 0 Å². The molecule has 0 fully saturated rings. The minimum atomic E-state index is -0.107. The summed E-state index contributed by atoms with van der Waals surface area (Å²) in [4.78, 5) is 2.47. The molecule has 0 radical (unpaired) electrons. The van der Waals surface area contributed by atoms with Gasteiger partial charge in [-0.3, -0.25) is 0 Å². The second-order valence-corrected chi connectivity index (χ2v) is 14.7. The zero-order valence-electron chi connectivity index (χ0n) is 28.5. The average Bonchev–Trinajstić information content (AvgIpc) is 3.34. The first-order chi connectivity index (χ1) is 23.2. The Morgan fingerprint density at radius 2 is 1.06 bits per heavy atom. The van der Waals surface area contributed by atoms with E-state index in [4.69, 9.17) is 0 Å². The number of nitrogens with zero attached hydrogens (tertiary/aromatic N) is 1. The first-order valence-corrected chi connectivity index (χ1v) is 17.0. The second kappa shape index (κ2) is 11.4. The number of benzene rings is 7. The van der Waals surface area contributed by atoms with E-state index in [0.29, 0.717) is 0 Å². The van der Waals surface area contributed by atoms with E-state index in [1.54, 1.807) is 0 Å². The lowest BCUT2D eigenvalue weighted by Crippen LogP contribution is -2.20. The molecule has 7 aromatic rings. The van der Waals surface area contributed by atoms with Crippen LogP contribution in [-0.4, -0.2) is 0 Å². The van der Waals surface area contributed by atoms with Crippen molar-refractivity contribution in [2.75, 3.05) is 4.90 Å². The van der Waals surface area contributed by atoms with Crippen LogP contribution >= 0.6 is 0 Å². The summed E-state index contributed by atoms with van der Waals surface area (Å²) in [5, 5.41) is 2.54. The Bertz CT molecular complexity index is 2280. The molecule has 0 bridgehead atoms. The summed E-state index contributed by atoms with van der Waals surface area (Å²) >= 11 is 0. The molecule has 1 heteroatoms. The maximum atomic E-state index is 2.47. The molecule has 0 N–H and O–H groups in total. The molecular weight excluding hydrogens is 579 g/mol. The van der Waals surface area contributed by atoms with Crippen molar-refractivity contribution in [3.8, 4) is 33.4 Å². The standard InChI is InChI=1S/C47H41N/c1-46(2,3)44-30-35(39-20-13-17-34-16-9-10-18-38(34)39)24-29-45(44)48(36-25-22-33(23-26-36)32-14-7-6-8-15-32)37-27-28-41-40-19-11-12-21-42(40)47(4,5)43(41)31-37/h6-31H,1-5H3. The Labute approximate surface area is 285 Å². The Balaban J connectivity index is 1.33. The fourth-order valence-corrected chi connectivity index (χ4v) is 7.67. The smallest absolute Gasteiger partial charge is 0.0499 e. The van der Waals surface area contributed by atoms with Gasteiger partial charge in [-0.05, 0) is 103 Å². The van der Waals surface area contributed by atoms with Crippen LogP contribution in [0.25, 0.3) is 44.2 Å². The summed E-state index contributed by atoms with van der Waals surface area (Å²) in [7, 11) is 0. The van der Waals surface area contributed by atoms with Crippen molar-refractivity contribution in [3.63, 3.8) is 0 Å². The number of hydrogen-bond donors (Lipinski definition) is 0. The van der Waals surface area contributed by atoms with Gasteiger partial charge in [-0.1, -0.05) is 156 Å². The minimum absolute atomic E-state index is 0.0874. The van der Waals surface area contributed by atoms with Crippen molar-refractivity contribution >= 4 is 27.8 Å². The van der Waals surface area contributed by atoms with Crippen LogP contribution in [0.2, 0.25) is 0 Å². The van der Waals surface area contributed by atoms with Gasteiger partial charge in [0.2, 0.25) is 0 Å². The molecule has 8 rings (SSSR count). The number of anilines is 3. The van der Waals surface area contributed by atoms with Crippen molar-refractivity contribution in [1.29, 1.82) is 0 Å². The van der Waals surface area contributed by atoms with E-state index in [0.717, 1.165) is 5.69 Å². The molecule has 1 aliphatic carbocycles. The van der Waals surface area contributed by atoms with Crippen molar-refractivity contribution in [3.05, 3.63) is 174 Å². The van der Waals surface area contributed by atoms with Crippen LogP contribution in [0, 0.1) is 0 Å². The number of hydrogen-bond acceptors (Lipinski definition) is 1. The first-order valence-electron chi connectivity index (χ1n) is 17.0. The maximum absolute atomic E-state index is 2.47. The Morgan fingerprint density at radius 1 is 0.458 bits per heavy atom. The third kappa shape index (κ3) is 5.02. The van der Waals surface area contributed by atoms with Crippen LogP contribution < -0.4 is 4.90 Å². The monoisotopic (exact) mass is 619 g/mol. The lowest BCUT2D eigenvalue weighted by atomic mass is 9.82. The first kappa shape index (κ1) is 30.0. The summed E-state index contributed by atoms with van der Waals surface area (Å²) in [5.74, 6) is 0. The summed E-state index contributed by atoms with van der Waals surface area (Å²) < 4.78 is 0. The molecule has 0 unspecified atom stereocenters. The number of fused-ring (bicyclic) bond motifs is 4. The van der Waals surface area contributed by atoms with Crippen LogP contribution in [0.15, 0.2) is 158 Å². The largest absolute Gasteiger partial charge is 0.310 e. The zero-order valence-corrected chi connectivity index (χ0v) is 28.5. The fraction of sp³-hybridized carbons (Fsp3) is 0.149. The lowest BCUT2D eigenvalue weighted by Gasteiger charge is -2.33. The highest BCUT2D eigenvalue weighted by Gasteiger charge is 2.36. The molecule has 0 saturated heterocycles. The highest BCUT2D eigenvalue weighted by atomic mass is 15.1. The molecule has 0 aliphatic heterocycles. The van der Waals surface area contributed by atoms with Crippen molar-refractivity contribution in [1.82, 2.24) is 0 Å². The van der Waals surface area contributed by atoms with Gasteiger partial charge in [0, 0.05) is 22.5 Å². The van der Waals surface area contributed by atoms with E-state index >= 15 is 0 Å². The second-order valence-electron chi connectivity index (χ2n) is 14.7. The van der Waals surface area contributed by atoms with Crippen LogP contribution in [0.3, 0.4) is 0 Å². The zero-order chi connectivity index (χ0) is 33.0. The molecule has 0 amide bonds. The van der Waals surface area contributed by atoms with Gasteiger partial charge in [-0.15, -0.1) is 0 Å². The van der Waals surface area contributed by atoms with E-state index in [-0.39, 0.29) is 10.8 Å². The molecule has 0 aromatic heterocycles. The third-order valence-corrected chi connectivity index (χ3v) is 10.2. The van der Waals surface area contributed by atoms with Crippen LogP contribution in [-0.2, 0) is 10.8 Å². The Kier molecular flexibility index (Phi) is 7.11. The van der Waals surface area contributed by atoms with Gasteiger partial charge < -0.3 is 4.90 Å². The molecule has 7 aromatic carbocycles. The molecule has 0 saturated carbocycles. The normalized spacial score (nSPS) is 13.3. The van der Waals surface area contributed by atoms with Gasteiger partial charge in [0.1, 0.15) is 0 Å². The van der Waals surface area contributed by atoms with E-state index in [9.17, 15) is 0 Å². The highest BCUT2D eigenvalue weighted by Crippen LogP contribution is 2.51. The minimum Gasteiger partial charge on any atom is -0.310 e. The van der Waals surface area contributed by atoms with Crippen LogP contribution in [0.1, 0.15) is 51.3 Å². The van der Waals surface area contributed by atoms with E-state index in [1.807, 2.05) is 0 Å². The SMILES string of the molecule is CC(C)(C)c1cc(-c2cccc3ccccc23)ccc1N(c1ccc(-c2ccccc2)cc1)c1ccc2c(c1)C(C)(C)c1ccccc1-2. The molecule has 1 aliphatic rings. The topological polar surface area (TPSA) is 3.24 Å². The van der Waals surface area contributed by atoms with E-state index in [1.165, 1.54) is 72.2 Å². The summed E-state index contributed by atoms with van der Waals surface area (Å²) in [5.41, 5.74) is 15.0. The van der Waals surface area contributed by atoms with Crippen molar-refractivity contribution in [2.24, 2.45) is 0 Å². The van der Waals surface area contributed by atoms with Gasteiger partial charge in [0.05, 0.1) is 0 Å². The van der Waals surface area contributed by atoms with Gasteiger partial charge >= 0.3 is 0 Å². The average molecular weight is 620 g/mol. The predicted octanol–water partition coefficient (Wildman–Crippen LogP) is 13.2. The fourth-order valence-electron chi connectivity index (χ4n) is 7.67. The highest BCUT2D eigenvalue weighted by molar-refractivity contribution is 5.97. The molecule has 0 heterocycles. The summed E-state index contributed by atoms with van der Waals surface area (Å²) in [6.45, 7) is 11.7.